The van der Waals surface area contributed by atoms with E-state index < -0.39 is 0 Å². The number of carbonyl (C=O) groups excluding carboxylic acids is 1. The molecule has 4 heteroatoms. The molecule has 108 valence electrons. The van der Waals surface area contributed by atoms with E-state index in [0.29, 0.717) is 24.2 Å². The van der Waals surface area contributed by atoms with Crippen LogP contribution in [0.5, 0.6) is 5.75 Å². The van der Waals surface area contributed by atoms with Crippen molar-refractivity contribution in [2.75, 3.05) is 12.3 Å². The number of aromatic hydroxyl groups is 1. The first-order valence-electron chi connectivity index (χ1n) is 7.01. The molecule has 3 rings (SSSR count). The fraction of sp³-hybridized carbons (Fsp3) is 0.235. The van der Waals surface area contributed by atoms with Crippen LogP contribution in [0.25, 0.3) is 0 Å². The van der Waals surface area contributed by atoms with Crippen molar-refractivity contribution in [3.63, 3.8) is 0 Å². The molecule has 0 atom stereocenters. The molecule has 1 amide bonds. The smallest absolute Gasteiger partial charge is 0.254 e. The number of fused-ring (bicyclic) bond motifs is 1. The number of anilines is 1. The van der Waals surface area contributed by atoms with E-state index in [1.54, 1.807) is 25.1 Å². The van der Waals surface area contributed by atoms with Crippen LogP contribution in [0, 0.1) is 6.92 Å². The highest BCUT2D eigenvalue weighted by Gasteiger charge is 2.23. The monoisotopic (exact) mass is 282 g/mol. The lowest BCUT2D eigenvalue weighted by Crippen LogP contribution is -2.36. The Morgan fingerprint density at radius 2 is 2.10 bits per heavy atom. The number of aryl methyl sites for hydroxylation is 1. The van der Waals surface area contributed by atoms with E-state index in [-0.39, 0.29) is 11.7 Å². The van der Waals surface area contributed by atoms with Crippen LogP contribution in [0.3, 0.4) is 0 Å². The SMILES string of the molecule is Cc1cc(C(=O)N2CCc3c(N)cccc3C2)ccc1O. The molecule has 2 aromatic rings. The van der Waals surface area contributed by atoms with Gasteiger partial charge in [0.2, 0.25) is 0 Å². The molecule has 0 aliphatic carbocycles. The number of nitrogen functional groups attached to an aromatic ring is 1. The lowest BCUT2D eigenvalue weighted by molar-refractivity contribution is 0.0735. The summed E-state index contributed by atoms with van der Waals surface area (Å²) >= 11 is 0. The Morgan fingerprint density at radius 3 is 2.86 bits per heavy atom. The van der Waals surface area contributed by atoms with Crippen LogP contribution < -0.4 is 5.73 Å². The third kappa shape index (κ3) is 2.44. The molecular weight excluding hydrogens is 264 g/mol. The van der Waals surface area contributed by atoms with Gasteiger partial charge in [-0.1, -0.05) is 12.1 Å². The second-order valence-electron chi connectivity index (χ2n) is 5.46. The van der Waals surface area contributed by atoms with Gasteiger partial charge < -0.3 is 15.7 Å². The first-order chi connectivity index (χ1) is 10.1. The molecule has 21 heavy (non-hydrogen) atoms. The number of carbonyl (C=O) groups is 1. The van der Waals surface area contributed by atoms with Gasteiger partial charge in [0, 0.05) is 24.3 Å². The van der Waals surface area contributed by atoms with Crippen LogP contribution in [-0.4, -0.2) is 22.5 Å². The summed E-state index contributed by atoms with van der Waals surface area (Å²) in [6.07, 6.45) is 0.783. The quantitative estimate of drug-likeness (QED) is 0.790. The van der Waals surface area contributed by atoms with Gasteiger partial charge in [-0.3, -0.25) is 4.79 Å². The molecule has 0 spiro atoms. The molecule has 0 radical (unpaired) electrons. The van der Waals surface area contributed by atoms with Gasteiger partial charge in [0.15, 0.2) is 0 Å². The van der Waals surface area contributed by atoms with Crippen molar-refractivity contribution < 1.29 is 9.90 Å². The highest BCUT2D eigenvalue weighted by molar-refractivity contribution is 5.94. The summed E-state index contributed by atoms with van der Waals surface area (Å²) in [5.74, 6) is 0.203. The van der Waals surface area contributed by atoms with Gasteiger partial charge in [0.1, 0.15) is 5.75 Å². The average molecular weight is 282 g/mol. The second kappa shape index (κ2) is 5.13. The highest BCUT2D eigenvalue weighted by atomic mass is 16.3. The minimum absolute atomic E-state index is 0.00817. The molecule has 1 aliphatic heterocycles. The standard InChI is InChI=1S/C17H18N2O2/c1-11-9-12(5-6-16(11)20)17(21)19-8-7-14-13(10-19)3-2-4-15(14)18/h2-6,9,20H,7-8,10,18H2,1H3. The van der Waals surface area contributed by atoms with Gasteiger partial charge in [-0.15, -0.1) is 0 Å². The third-order valence-electron chi connectivity index (χ3n) is 4.03. The van der Waals surface area contributed by atoms with E-state index in [9.17, 15) is 9.90 Å². The first kappa shape index (κ1) is 13.5. The fourth-order valence-corrected chi connectivity index (χ4v) is 2.78. The topological polar surface area (TPSA) is 66.6 Å². The Labute approximate surface area is 123 Å². The van der Waals surface area contributed by atoms with Gasteiger partial charge in [0.25, 0.3) is 5.91 Å². The minimum atomic E-state index is -0.00817. The zero-order chi connectivity index (χ0) is 15.0. The van der Waals surface area contributed by atoms with Crippen LogP contribution in [0.1, 0.15) is 27.0 Å². The molecule has 1 aliphatic rings. The molecule has 0 aromatic heterocycles. The largest absolute Gasteiger partial charge is 0.508 e. The average Bonchev–Trinajstić information content (AvgIpc) is 2.49. The Kier molecular flexibility index (Phi) is 3.29. The maximum atomic E-state index is 12.6. The van der Waals surface area contributed by atoms with Gasteiger partial charge in [-0.05, 0) is 54.3 Å². The van der Waals surface area contributed by atoms with Crippen LogP contribution in [-0.2, 0) is 13.0 Å². The predicted octanol–water partition coefficient (Wildman–Crippen LogP) is 2.48. The Balaban J connectivity index is 1.85. The maximum Gasteiger partial charge on any atom is 0.254 e. The summed E-state index contributed by atoms with van der Waals surface area (Å²) in [7, 11) is 0. The summed E-state index contributed by atoms with van der Waals surface area (Å²) in [5.41, 5.74) is 10.4. The number of rotatable bonds is 1. The number of hydrogen-bond donors (Lipinski definition) is 2. The number of benzene rings is 2. The number of hydrogen-bond acceptors (Lipinski definition) is 3. The van der Waals surface area contributed by atoms with E-state index in [1.165, 1.54) is 0 Å². The van der Waals surface area contributed by atoms with E-state index in [2.05, 4.69) is 0 Å². The summed E-state index contributed by atoms with van der Waals surface area (Å²) in [5, 5.41) is 9.56. The third-order valence-corrected chi connectivity index (χ3v) is 4.03. The van der Waals surface area contributed by atoms with Crippen molar-refractivity contribution in [3.05, 3.63) is 58.7 Å². The van der Waals surface area contributed by atoms with E-state index in [1.807, 2.05) is 23.1 Å². The summed E-state index contributed by atoms with van der Waals surface area (Å²) in [6, 6.07) is 10.8. The second-order valence-corrected chi connectivity index (χ2v) is 5.46. The van der Waals surface area contributed by atoms with Crippen LogP contribution in [0.2, 0.25) is 0 Å². The Hall–Kier alpha value is -2.49. The first-order valence-corrected chi connectivity index (χ1v) is 7.01. The van der Waals surface area contributed by atoms with Crippen molar-refractivity contribution in [2.45, 2.75) is 19.9 Å². The molecule has 0 bridgehead atoms. The zero-order valence-electron chi connectivity index (χ0n) is 12.0. The summed E-state index contributed by atoms with van der Waals surface area (Å²) < 4.78 is 0. The number of phenols is 1. The number of nitrogens with zero attached hydrogens (tertiary/aromatic N) is 1. The molecule has 1 heterocycles. The van der Waals surface area contributed by atoms with Crippen LogP contribution >= 0.6 is 0 Å². The molecule has 2 aromatic carbocycles. The number of amides is 1. The molecule has 0 unspecified atom stereocenters. The minimum Gasteiger partial charge on any atom is -0.508 e. The Morgan fingerprint density at radius 1 is 1.29 bits per heavy atom. The highest BCUT2D eigenvalue weighted by Crippen LogP contribution is 2.26. The van der Waals surface area contributed by atoms with Crippen LogP contribution in [0.4, 0.5) is 5.69 Å². The van der Waals surface area contributed by atoms with Crippen molar-refractivity contribution >= 4 is 11.6 Å². The number of phenolic OH excluding ortho intramolecular Hbond substituents is 1. The Bertz CT molecular complexity index is 710. The maximum absolute atomic E-state index is 12.6. The van der Waals surface area contributed by atoms with Crippen molar-refractivity contribution in [2.24, 2.45) is 0 Å². The van der Waals surface area contributed by atoms with Crippen molar-refractivity contribution in [3.8, 4) is 5.75 Å². The molecule has 4 nitrogen and oxygen atoms in total. The van der Waals surface area contributed by atoms with Crippen molar-refractivity contribution in [1.82, 2.24) is 4.90 Å². The van der Waals surface area contributed by atoms with E-state index in [4.69, 9.17) is 5.73 Å². The van der Waals surface area contributed by atoms with E-state index >= 15 is 0 Å². The van der Waals surface area contributed by atoms with Gasteiger partial charge in [0.05, 0.1) is 0 Å². The molecule has 0 fully saturated rings. The summed E-state index contributed by atoms with van der Waals surface area (Å²) in [6.45, 7) is 3.04. The lowest BCUT2D eigenvalue weighted by atomic mass is 9.97. The van der Waals surface area contributed by atoms with Gasteiger partial charge in [-0.2, -0.15) is 0 Å². The molecule has 3 N–H and O–H groups in total. The molecular formula is C17H18N2O2. The van der Waals surface area contributed by atoms with Gasteiger partial charge in [-0.25, -0.2) is 0 Å². The fourth-order valence-electron chi connectivity index (χ4n) is 2.78. The van der Waals surface area contributed by atoms with E-state index in [0.717, 1.165) is 23.2 Å². The number of nitrogens with two attached hydrogens (primary N) is 1. The van der Waals surface area contributed by atoms with Gasteiger partial charge >= 0.3 is 0 Å². The zero-order valence-corrected chi connectivity index (χ0v) is 12.0. The summed E-state index contributed by atoms with van der Waals surface area (Å²) in [4.78, 5) is 14.4. The molecule has 0 saturated heterocycles. The lowest BCUT2D eigenvalue weighted by Gasteiger charge is -2.29. The normalized spacial score (nSPS) is 13.9. The predicted molar refractivity (Wildman–Crippen MR) is 82.1 cm³/mol. The van der Waals surface area contributed by atoms with Crippen molar-refractivity contribution in [1.29, 1.82) is 0 Å². The molecule has 0 saturated carbocycles. The van der Waals surface area contributed by atoms with Crippen LogP contribution in [0.15, 0.2) is 36.4 Å².